The van der Waals surface area contributed by atoms with Gasteiger partial charge in [-0.25, -0.2) is 4.98 Å². The maximum atomic E-state index is 13.9. The molecule has 5 rings (SSSR count). The standard InChI is InChI=1S/C29H33N3O2S/c1-21-9-11-22(12-10-21)27-25(18-23-6-4-8-26(30-23)31-13-15-34-16-14-31)28(33)29(2,3)20-32(27)19-24-7-5-17-35-24/h4-12,17-18,27H,13-16,19-20H2,1-3H3. The monoisotopic (exact) mass is 487 g/mol. The lowest BCUT2D eigenvalue weighted by molar-refractivity contribution is -0.128. The summed E-state index contributed by atoms with van der Waals surface area (Å²) in [5.41, 5.74) is 3.51. The van der Waals surface area contributed by atoms with Crippen LogP contribution in [0.4, 0.5) is 5.82 Å². The molecule has 0 amide bonds. The van der Waals surface area contributed by atoms with E-state index in [9.17, 15) is 4.79 Å². The minimum absolute atomic E-state index is 0.118. The van der Waals surface area contributed by atoms with Crippen molar-refractivity contribution in [2.45, 2.75) is 33.4 Å². The summed E-state index contributed by atoms with van der Waals surface area (Å²) in [6.07, 6.45) is 2.03. The summed E-state index contributed by atoms with van der Waals surface area (Å²) in [7, 11) is 0. The molecule has 2 saturated heterocycles. The second-order valence-electron chi connectivity index (χ2n) is 10.1. The van der Waals surface area contributed by atoms with Crippen molar-refractivity contribution in [3.8, 4) is 0 Å². The smallest absolute Gasteiger partial charge is 0.167 e. The Labute approximate surface area is 212 Å². The van der Waals surface area contributed by atoms with E-state index in [-0.39, 0.29) is 11.8 Å². The van der Waals surface area contributed by atoms with Crippen LogP contribution >= 0.6 is 11.3 Å². The molecule has 0 radical (unpaired) electrons. The zero-order valence-electron chi connectivity index (χ0n) is 20.7. The summed E-state index contributed by atoms with van der Waals surface area (Å²) >= 11 is 1.77. The highest BCUT2D eigenvalue weighted by molar-refractivity contribution is 7.09. The van der Waals surface area contributed by atoms with Gasteiger partial charge in [0.15, 0.2) is 5.78 Å². The summed E-state index contributed by atoms with van der Waals surface area (Å²) in [6.45, 7) is 10.8. The van der Waals surface area contributed by atoms with Gasteiger partial charge in [0.25, 0.3) is 0 Å². The topological polar surface area (TPSA) is 45.7 Å². The number of carbonyl (C=O) groups is 1. The number of rotatable bonds is 5. The number of pyridine rings is 1. The number of aromatic nitrogens is 1. The normalized spacial score (nSPS) is 22.0. The Morgan fingerprint density at radius 1 is 1.09 bits per heavy atom. The molecule has 2 fully saturated rings. The minimum Gasteiger partial charge on any atom is -0.378 e. The molecular weight excluding hydrogens is 454 g/mol. The first-order valence-electron chi connectivity index (χ1n) is 12.3. The largest absolute Gasteiger partial charge is 0.378 e. The van der Waals surface area contributed by atoms with E-state index in [1.807, 2.05) is 24.3 Å². The fourth-order valence-electron chi connectivity index (χ4n) is 5.06. The number of thiophene rings is 1. The van der Waals surface area contributed by atoms with Gasteiger partial charge in [-0.1, -0.05) is 55.8 Å². The third-order valence-electron chi connectivity index (χ3n) is 6.86. The second kappa shape index (κ2) is 10.1. The van der Waals surface area contributed by atoms with E-state index in [1.54, 1.807) is 11.3 Å². The molecule has 0 N–H and O–H groups in total. The van der Waals surface area contributed by atoms with Gasteiger partial charge < -0.3 is 9.64 Å². The molecule has 35 heavy (non-hydrogen) atoms. The highest BCUT2D eigenvalue weighted by Gasteiger charge is 2.44. The summed E-state index contributed by atoms with van der Waals surface area (Å²) in [6, 6.07) is 18.8. The number of hydrogen-bond donors (Lipinski definition) is 0. The number of Topliss-reactive ketones (excluding diaryl/α,β-unsaturated/α-hetero) is 1. The Morgan fingerprint density at radius 3 is 2.57 bits per heavy atom. The Bertz CT molecular complexity index is 1190. The molecule has 1 atom stereocenters. The number of benzene rings is 1. The molecule has 4 heterocycles. The molecule has 2 aliphatic heterocycles. The summed E-state index contributed by atoms with van der Waals surface area (Å²) < 4.78 is 5.51. The Morgan fingerprint density at radius 2 is 1.86 bits per heavy atom. The molecule has 1 aromatic carbocycles. The summed E-state index contributed by atoms with van der Waals surface area (Å²) in [4.78, 5) is 24.8. The molecule has 1 unspecified atom stereocenters. The molecule has 0 spiro atoms. The Kier molecular flexibility index (Phi) is 6.87. The van der Waals surface area contributed by atoms with Crippen molar-refractivity contribution in [2.24, 2.45) is 5.41 Å². The van der Waals surface area contributed by atoms with E-state index >= 15 is 0 Å². The fraction of sp³-hybridized carbons (Fsp3) is 0.379. The van der Waals surface area contributed by atoms with Crippen LogP contribution in [0.1, 0.15) is 41.6 Å². The van der Waals surface area contributed by atoms with Crippen LogP contribution in [-0.2, 0) is 16.1 Å². The van der Waals surface area contributed by atoms with Crippen LogP contribution in [0.2, 0.25) is 0 Å². The minimum atomic E-state index is -0.480. The van der Waals surface area contributed by atoms with Gasteiger partial charge in [0.1, 0.15) is 5.82 Å². The molecule has 2 aliphatic rings. The Hall–Kier alpha value is -2.80. The summed E-state index contributed by atoms with van der Waals surface area (Å²) in [5.74, 6) is 1.14. The van der Waals surface area contributed by atoms with E-state index in [0.717, 1.165) is 42.3 Å². The van der Waals surface area contributed by atoms with Gasteiger partial charge >= 0.3 is 0 Å². The van der Waals surface area contributed by atoms with E-state index in [4.69, 9.17) is 9.72 Å². The van der Waals surface area contributed by atoms with E-state index in [1.165, 1.54) is 10.4 Å². The van der Waals surface area contributed by atoms with Gasteiger partial charge in [-0.2, -0.15) is 0 Å². The molecule has 3 aromatic rings. The first kappa shape index (κ1) is 23.9. The van der Waals surface area contributed by atoms with Gasteiger partial charge in [0.2, 0.25) is 0 Å². The van der Waals surface area contributed by atoms with E-state index in [2.05, 4.69) is 72.3 Å². The molecule has 0 bridgehead atoms. The number of aryl methyl sites for hydroxylation is 1. The van der Waals surface area contributed by atoms with Crippen molar-refractivity contribution in [1.29, 1.82) is 0 Å². The third kappa shape index (κ3) is 5.25. The van der Waals surface area contributed by atoms with Crippen LogP contribution in [0.25, 0.3) is 6.08 Å². The van der Waals surface area contributed by atoms with Crippen LogP contribution < -0.4 is 4.90 Å². The maximum Gasteiger partial charge on any atom is 0.167 e. The van der Waals surface area contributed by atoms with Crippen molar-refractivity contribution in [2.75, 3.05) is 37.7 Å². The highest BCUT2D eigenvalue weighted by Crippen LogP contribution is 2.42. The van der Waals surface area contributed by atoms with Crippen LogP contribution in [-0.4, -0.2) is 48.5 Å². The van der Waals surface area contributed by atoms with Gasteiger partial charge in [-0.05, 0) is 42.1 Å². The van der Waals surface area contributed by atoms with Gasteiger partial charge in [0, 0.05) is 42.0 Å². The third-order valence-corrected chi connectivity index (χ3v) is 7.72. The van der Waals surface area contributed by atoms with E-state index in [0.29, 0.717) is 19.8 Å². The Balaban J connectivity index is 1.58. The van der Waals surface area contributed by atoms with Crippen LogP contribution in [0.3, 0.4) is 0 Å². The van der Waals surface area contributed by atoms with Gasteiger partial charge in [-0.3, -0.25) is 9.69 Å². The number of likely N-dealkylation sites (tertiary alicyclic amines) is 1. The number of morpholine rings is 1. The first-order valence-corrected chi connectivity index (χ1v) is 13.2. The quantitative estimate of drug-likeness (QED) is 0.443. The summed E-state index contributed by atoms with van der Waals surface area (Å²) in [5, 5.41) is 2.12. The predicted octanol–water partition coefficient (Wildman–Crippen LogP) is 5.52. The lowest BCUT2D eigenvalue weighted by atomic mass is 9.74. The number of carbonyl (C=O) groups excluding carboxylic acids is 1. The predicted molar refractivity (Wildman–Crippen MR) is 143 cm³/mol. The lowest BCUT2D eigenvalue weighted by Crippen LogP contribution is -2.48. The van der Waals surface area contributed by atoms with Crippen molar-refractivity contribution in [1.82, 2.24) is 9.88 Å². The number of ketones is 1. The highest BCUT2D eigenvalue weighted by atomic mass is 32.1. The lowest BCUT2D eigenvalue weighted by Gasteiger charge is -2.44. The van der Waals surface area contributed by atoms with E-state index < -0.39 is 5.41 Å². The molecule has 0 aliphatic carbocycles. The SMILES string of the molecule is Cc1ccc(C2C(=Cc3cccc(N4CCOCC4)n3)C(=O)C(C)(C)CN2Cc2cccs2)cc1. The van der Waals surface area contributed by atoms with Crippen LogP contribution in [0.5, 0.6) is 0 Å². The zero-order chi connectivity index (χ0) is 24.4. The van der Waals surface area contributed by atoms with Crippen LogP contribution in [0.15, 0.2) is 65.6 Å². The van der Waals surface area contributed by atoms with Crippen LogP contribution in [0, 0.1) is 12.3 Å². The zero-order valence-corrected chi connectivity index (χ0v) is 21.6. The van der Waals surface area contributed by atoms with Crippen molar-refractivity contribution in [3.05, 3.63) is 87.2 Å². The van der Waals surface area contributed by atoms with Gasteiger partial charge in [-0.15, -0.1) is 11.3 Å². The number of piperidine rings is 1. The first-order chi connectivity index (χ1) is 16.9. The average Bonchev–Trinajstić information content (AvgIpc) is 3.37. The second-order valence-corrected chi connectivity index (χ2v) is 11.2. The number of hydrogen-bond acceptors (Lipinski definition) is 6. The average molecular weight is 488 g/mol. The van der Waals surface area contributed by atoms with Crippen molar-refractivity contribution in [3.63, 3.8) is 0 Å². The molecule has 5 nitrogen and oxygen atoms in total. The molecule has 6 heteroatoms. The maximum absolute atomic E-state index is 13.9. The van der Waals surface area contributed by atoms with Crippen molar-refractivity contribution >= 4 is 29.0 Å². The number of anilines is 1. The fourth-order valence-corrected chi connectivity index (χ4v) is 5.79. The number of nitrogens with zero attached hydrogens (tertiary/aromatic N) is 3. The molecular formula is C29H33N3O2S. The molecule has 2 aromatic heterocycles. The molecule has 182 valence electrons. The van der Waals surface area contributed by atoms with Crippen molar-refractivity contribution < 1.29 is 9.53 Å². The van der Waals surface area contributed by atoms with Gasteiger partial charge in [0.05, 0.1) is 24.9 Å². The number of ether oxygens (including phenoxy) is 1. The molecule has 0 saturated carbocycles.